The number of amides is 1. The van der Waals surface area contributed by atoms with Crippen LogP contribution in [0.4, 0.5) is 10.5 Å². The fourth-order valence-electron chi connectivity index (χ4n) is 1.87. The number of aromatic nitrogens is 1. The first-order valence-electron chi connectivity index (χ1n) is 6.98. The van der Waals surface area contributed by atoms with Crippen molar-refractivity contribution in [1.29, 1.82) is 0 Å². The minimum Gasteiger partial charge on any atom is -0.497 e. The quantitative estimate of drug-likeness (QED) is 0.927. The van der Waals surface area contributed by atoms with Gasteiger partial charge in [0.05, 0.1) is 12.8 Å². The van der Waals surface area contributed by atoms with Crippen LogP contribution in [0.15, 0.2) is 42.6 Å². The van der Waals surface area contributed by atoms with Crippen LogP contribution >= 0.6 is 0 Å². The minimum absolute atomic E-state index is 0.490. The van der Waals surface area contributed by atoms with Gasteiger partial charge in [0.2, 0.25) is 0 Å². The Labute approximate surface area is 130 Å². The third-order valence-corrected chi connectivity index (χ3v) is 2.77. The number of nitrogens with one attached hydrogen (secondary N) is 1. The molecule has 0 saturated heterocycles. The molecule has 1 amide bonds. The molecule has 0 atom stereocenters. The van der Waals surface area contributed by atoms with Crippen LogP contribution in [0.5, 0.6) is 5.75 Å². The third kappa shape index (κ3) is 4.48. The topological polar surface area (TPSA) is 60.5 Å². The Kier molecular flexibility index (Phi) is 4.65. The maximum absolute atomic E-state index is 11.8. The molecule has 22 heavy (non-hydrogen) atoms. The Hall–Kier alpha value is -2.56. The Morgan fingerprint density at radius 3 is 2.64 bits per heavy atom. The van der Waals surface area contributed by atoms with Crippen LogP contribution in [-0.2, 0) is 4.74 Å². The van der Waals surface area contributed by atoms with Crippen molar-refractivity contribution >= 4 is 11.8 Å². The van der Waals surface area contributed by atoms with E-state index in [4.69, 9.17) is 9.47 Å². The van der Waals surface area contributed by atoms with Crippen LogP contribution in [0, 0.1) is 0 Å². The van der Waals surface area contributed by atoms with Crippen LogP contribution in [0.2, 0.25) is 0 Å². The molecule has 2 aromatic rings. The summed E-state index contributed by atoms with van der Waals surface area (Å²) in [6.07, 6.45) is 1.15. The number of rotatable bonds is 3. The number of hydrogen-bond donors (Lipinski definition) is 1. The smallest absolute Gasteiger partial charge is 0.412 e. The van der Waals surface area contributed by atoms with E-state index in [-0.39, 0.29) is 0 Å². The monoisotopic (exact) mass is 300 g/mol. The van der Waals surface area contributed by atoms with Crippen molar-refractivity contribution in [2.24, 2.45) is 0 Å². The molecule has 0 aliphatic carbocycles. The fraction of sp³-hybridized carbons (Fsp3) is 0.294. The average Bonchev–Trinajstić information content (AvgIpc) is 2.45. The maximum atomic E-state index is 11.8. The summed E-state index contributed by atoms with van der Waals surface area (Å²) in [7, 11) is 1.62. The number of ether oxygens (including phenoxy) is 2. The Balaban J connectivity index is 2.18. The van der Waals surface area contributed by atoms with Gasteiger partial charge in [-0.05, 0) is 45.0 Å². The highest BCUT2D eigenvalue weighted by atomic mass is 16.6. The SMILES string of the molecule is COc1cccc(-c2cc(NC(=O)OC(C)(C)C)ccn2)c1. The molecule has 0 bridgehead atoms. The number of hydrogen-bond acceptors (Lipinski definition) is 4. The summed E-state index contributed by atoms with van der Waals surface area (Å²) < 4.78 is 10.4. The van der Waals surface area contributed by atoms with Crippen molar-refractivity contribution in [3.63, 3.8) is 0 Å². The molecule has 2 rings (SSSR count). The largest absolute Gasteiger partial charge is 0.497 e. The van der Waals surface area contributed by atoms with Crippen molar-refractivity contribution < 1.29 is 14.3 Å². The van der Waals surface area contributed by atoms with E-state index in [0.29, 0.717) is 5.69 Å². The lowest BCUT2D eigenvalue weighted by Crippen LogP contribution is -2.27. The number of nitrogens with zero attached hydrogens (tertiary/aromatic N) is 1. The van der Waals surface area contributed by atoms with Crippen LogP contribution in [-0.4, -0.2) is 23.8 Å². The van der Waals surface area contributed by atoms with Gasteiger partial charge in [-0.25, -0.2) is 4.79 Å². The van der Waals surface area contributed by atoms with Gasteiger partial charge < -0.3 is 9.47 Å². The minimum atomic E-state index is -0.535. The molecule has 0 radical (unpaired) electrons. The molecule has 116 valence electrons. The van der Waals surface area contributed by atoms with Gasteiger partial charge in [0, 0.05) is 17.4 Å². The Morgan fingerprint density at radius 2 is 1.95 bits per heavy atom. The molecule has 1 heterocycles. The molecule has 0 unspecified atom stereocenters. The first kappa shape index (κ1) is 15.8. The zero-order valence-electron chi connectivity index (χ0n) is 13.2. The molecule has 1 aromatic carbocycles. The van der Waals surface area contributed by atoms with Gasteiger partial charge in [0.15, 0.2) is 0 Å². The van der Waals surface area contributed by atoms with E-state index in [1.807, 2.05) is 45.0 Å². The normalized spacial score (nSPS) is 10.9. The van der Waals surface area contributed by atoms with E-state index in [2.05, 4.69) is 10.3 Å². The number of benzene rings is 1. The van der Waals surface area contributed by atoms with E-state index >= 15 is 0 Å². The number of methoxy groups -OCH3 is 1. The zero-order chi connectivity index (χ0) is 16.2. The van der Waals surface area contributed by atoms with Crippen LogP contribution in [0.25, 0.3) is 11.3 Å². The first-order chi connectivity index (χ1) is 10.4. The van der Waals surface area contributed by atoms with Gasteiger partial charge >= 0.3 is 6.09 Å². The highest BCUT2D eigenvalue weighted by molar-refractivity contribution is 5.85. The predicted molar refractivity (Wildman–Crippen MR) is 86.1 cm³/mol. The molecule has 0 fully saturated rings. The van der Waals surface area contributed by atoms with E-state index in [0.717, 1.165) is 17.0 Å². The summed E-state index contributed by atoms with van der Waals surface area (Å²) in [6.45, 7) is 5.46. The molecule has 0 aliphatic heterocycles. The van der Waals surface area contributed by atoms with Crippen molar-refractivity contribution in [2.75, 3.05) is 12.4 Å². The first-order valence-corrected chi connectivity index (χ1v) is 6.98. The van der Waals surface area contributed by atoms with Crippen LogP contribution in [0.3, 0.4) is 0 Å². The van der Waals surface area contributed by atoms with Gasteiger partial charge in [-0.2, -0.15) is 0 Å². The molecule has 0 aliphatic rings. The summed E-state index contributed by atoms with van der Waals surface area (Å²) in [5.41, 5.74) is 1.74. The molecule has 5 nitrogen and oxygen atoms in total. The van der Waals surface area contributed by atoms with E-state index < -0.39 is 11.7 Å². The lowest BCUT2D eigenvalue weighted by molar-refractivity contribution is 0.0636. The summed E-state index contributed by atoms with van der Waals surface area (Å²) in [5, 5.41) is 2.70. The highest BCUT2D eigenvalue weighted by Gasteiger charge is 2.16. The van der Waals surface area contributed by atoms with E-state index in [1.165, 1.54) is 0 Å². The molecule has 1 aromatic heterocycles. The second kappa shape index (κ2) is 6.47. The lowest BCUT2D eigenvalue weighted by Gasteiger charge is -2.19. The number of carbonyl (C=O) groups is 1. The number of pyridine rings is 1. The molecular weight excluding hydrogens is 280 g/mol. The predicted octanol–water partition coefficient (Wildman–Crippen LogP) is 4.10. The Bertz CT molecular complexity index is 663. The summed E-state index contributed by atoms with van der Waals surface area (Å²) in [5.74, 6) is 0.754. The second-order valence-electron chi connectivity index (χ2n) is 5.79. The highest BCUT2D eigenvalue weighted by Crippen LogP contribution is 2.24. The summed E-state index contributed by atoms with van der Waals surface area (Å²) in [6, 6.07) is 11.1. The van der Waals surface area contributed by atoms with Crippen molar-refractivity contribution in [1.82, 2.24) is 4.98 Å². The van der Waals surface area contributed by atoms with Gasteiger partial charge in [-0.15, -0.1) is 0 Å². The number of anilines is 1. The van der Waals surface area contributed by atoms with Crippen molar-refractivity contribution in [3.05, 3.63) is 42.6 Å². The van der Waals surface area contributed by atoms with E-state index in [1.54, 1.807) is 25.4 Å². The molecule has 1 N–H and O–H groups in total. The summed E-state index contributed by atoms with van der Waals surface area (Å²) in [4.78, 5) is 16.1. The molecular formula is C17H20N2O3. The summed E-state index contributed by atoms with van der Waals surface area (Å²) >= 11 is 0. The second-order valence-corrected chi connectivity index (χ2v) is 5.79. The van der Waals surface area contributed by atoms with Gasteiger partial charge in [0.1, 0.15) is 11.4 Å². The third-order valence-electron chi connectivity index (χ3n) is 2.77. The van der Waals surface area contributed by atoms with Crippen LogP contribution < -0.4 is 10.1 Å². The number of carbonyl (C=O) groups excluding carboxylic acids is 1. The van der Waals surface area contributed by atoms with E-state index in [9.17, 15) is 4.79 Å². The molecule has 5 heteroatoms. The standard InChI is InChI=1S/C17H20N2O3/c1-17(2,3)22-16(20)19-13-8-9-18-15(11-13)12-6-5-7-14(10-12)21-4/h5-11H,1-4H3,(H,18,19,20). The maximum Gasteiger partial charge on any atom is 0.412 e. The average molecular weight is 300 g/mol. The molecule has 0 spiro atoms. The Morgan fingerprint density at radius 1 is 1.18 bits per heavy atom. The van der Waals surface area contributed by atoms with Gasteiger partial charge in [-0.1, -0.05) is 12.1 Å². The lowest BCUT2D eigenvalue weighted by atomic mass is 10.1. The van der Waals surface area contributed by atoms with Gasteiger partial charge in [-0.3, -0.25) is 10.3 Å². The fourth-order valence-corrected chi connectivity index (χ4v) is 1.87. The van der Waals surface area contributed by atoms with Crippen molar-refractivity contribution in [3.8, 4) is 17.0 Å². The van der Waals surface area contributed by atoms with Crippen molar-refractivity contribution in [2.45, 2.75) is 26.4 Å². The van der Waals surface area contributed by atoms with Gasteiger partial charge in [0.25, 0.3) is 0 Å². The molecule has 0 saturated carbocycles. The van der Waals surface area contributed by atoms with Crippen LogP contribution in [0.1, 0.15) is 20.8 Å². The zero-order valence-corrected chi connectivity index (χ0v) is 13.2.